The predicted octanol–water partition coefficient (Wildman–Crippen LogP) is 6.09. The minimum atomic E-state index is -0.0248. The van der Waals surface area contributed by atoms with Crippen molar-refractivity contribution in [3.05, 3.63) is 51.1 Å². The van der Waals surface area contributed by atoms with Crippen LogP contribution in [0.3, 0.4) is 0 Å². The van der Waals surface area contributed by atoms with Crippen LogP contribution in [-0.4, -0.2) is 0 Å². The summed E-state index contributed by atoms with van der Waals surface area (Å²) >= 11 is 19.0. The maximum atomic E-state index is 11.0. The fourth-order valence-corrected chi connectivity index (χ4v) is 5.58. The van der Waals surface area contributed by atoms with Crippen LogP contribution in [-0.2, 0) is 17.1 Å². The van der Waals surface area contributed by atoms with Crippen LogP contribution in [0.1, 0.15) is 0 Å². The Labute approximate surface area is 183 Å². The molecule has 0 saturated heterocycles. The maximum Gasteiger partial charge on any atom is 2.00 e. The number of hydrogen-bond donors (Lipinski definition) is 0. The van der Waals surface area contributed by atoms with Crippen LogP contribution in [0.5, 0.6) is 11.5 Å². The van der Waals surface area contributed by atoms with Gasteiger partial charge in [0.1, 0.15) is 0 Å². The summed E-state index contributed by atoms with van der Waals surface area (Å²) < 4.78 is 4.02. The molecule has 0 bridgehead atoms. The molecule has 0 aliphatic rings. The first-order chi connectivity index (χ1) is 9.22. The Morgan fingerprint density at radius 3 is 0.905 bits per heavy atom. The Balaban J connectivity index is 0.000000364. The second-order valence-corrected chi connectivity index (χ2v) is 8.65. The van der Waals surface area contributed by atoms with Crippen molar-refractivity contribution < 1.29 is 27.3 Å². The van der Waals surface area contributed by atoms with Crippen molar-refractivity contribution in [3.8, 4) is 11.5 Å². The molecule has 0 atom stereocenters. The molecule has 2 aromatic rings. The Bertz CT molecular complexity index is 534. The zero-order valence-electron chi connectivity index (χ0n) is 9.77. The molecule has 0 aromatic heterocycles. The molecule has 2 rings (SSSR count). The summed E-state index contributed by atoms with van der Waals surface area (Å²) in [6.07, 6.45) is 0. The molecule has 0 aliphatic heterocycles. The zero-order chi connectivity index (χ0) is 15.4. The third-order valence-corrected chi connectivity index (χ3v) is 5.20. The summed E-state index contributed by atoms with van der Waals surface area (Å²) in [5, 5.41) is 22.0. The average Bonchev–Trinajstić information content (AvgIpc) is 2.33. The second-order valence-electron chi connectivity index (χ2n) is 3.40. The molecule has 0 aliphatic carbocycles. The van der Waals surface area contributed by atoms with E-state index in [9.17, 15) is 10.2 Å². The summed E-state index contributed by atoms with van der Waals surface area (Å²) in [6, 6.07) is 6.86. The van der Waals surface area contributed by atoms with Crippen LogP contribution in [0.25, 0.3) is 0 Å². The van der Waals surface area contributed by atoms with Crippen molar-refractivity contribution >= 4 is 95.6 Å². The smallest absolute Gasteiger partial charge is 0.871 e. The largest absolute Gasteiger partial charge is 2.00 e. The first-order valence-corrected chi connectivity index (χ1v) is 9.61. The average molecular weight is 715 g/mol. The zero-order valence-corrected chi connectivity index (χ0v) is 20.5. The molecular weight excluding hydrogens is 710 g/mol. The van der Waals surface area contributed by atoms with Crippen molar-refractivity contribution in [3.63, 3.8) is 0 Å². The summed E-state index contributed by atoms with van der Waals surface area (Å²) in [5.41, 5.74) is 0. The molecule has 1 radical (unpaired) electrons. The topological polar surface area (TPSA) is 46.1 Å². The standard InChI is InChI=1S/2C6H3Br3O.Mn/c2*7-3-1-4(8)6(10)5(9)2-3;/h2*1-2,10H;/q;;+2/p-2. The van der Waals surface area contributed by atoms with Gasteiger partial charge in [-0.1, -0.05) is 107 Å². The van der Waals surface area contributed by atoms with Crippen LogP contribution in [0.15, 0.2) is 51.1 Å². The molecule has 21 heavy (non-hydrogen) atoms. The van der Waals surface area contributed by atoms with E-state index in [1.54, 1.807) is 24.3 Å². The van der Waals surface area contributed by atoms with E-state index in [2.05, 4.69) is 95.6 Å². The Morgan fingerprint density at radius 2 is 0.714 bits per heavy atom. The predicted molar refractivity (Wildman–Crippen MR) is 98.0 cm³/mol. The molecule has 0 spiro atoms. The van der Waals surface area contributed by atoms with Gasteiger partial charge in [-0.25, -0.2) is 0 Å². The summed E-state index contributed by atoms with van der Waals surface area (Å²) in [7, 11) is 0. The van der Waals surface area contributed by atoms with Gasteiger partial charge >= 0.3 is 17.1 Å². The number of benzene rings is 2. The second kappa shape index (κ2) is 10.3. The van der Waals surface area contributed by atoms with Crippen LogP contribution in [0, 0.1) is 0 Å². The first kappa shape index (κ1) is 22.4. The molecule has 0 amide bonds. The molecule has 0 N–H and O–H groups in total. The van der Waals surface area contributed by atoms with Gasteiger partial charge in [-0.2, -0.15) is 0 Å². The molecule has 0 heterocycles. The van der Waals surface area contributed by atoms with Gasteiger partial charge in [0.2, 0.25) is 0 Å². The van der Waals surface area contributed by atoms with E-state index < -0.39 is 0 Å². The quantitative estimate of drug-likeness (QED) is 0.311. The van der Waals surface area contributed by atoms with Gasteiger partial charge in [0, 0.05) is 26.8 Å². The first-order valence-electron chi connectivity index (χ1n) is 4.85. The maximum absolute atomic E-state index is 11.0. The van der Waals surface area contributed by atoms with Crippen molar-refractivity contribution in [2.75, 3.05) is 0 Å². The van der Waals surface area contributed by atoms with Crippen LogP contribution in [0.2, 0.25) is 0 Å². The molecule has 0 fully saturated rings. The summed E-state index contributed by atoms with van der Waals surface area (Å²) in [4.78, 5) is 0. The van der Waals surface area contributed by atoms with Gasteiger partial charge in [-0.05, 0) is 24.3 Å². The van der Waals surface area contributed by atoms with Crippen molar-refractivity contribution in [2.45, 2.75) is 0 Å². The van der Waals surface area contributed by atoms with E-state index in [1.165, 1.54) is 0 Å². The number of rotatable bonds is 0. The fourth-order valence-electron chi connectivity index (χ4n) is 1.06. The van der Waals surface area contributed by atoms with E-state index in [4.69, 9.17) is 0 Å². The van der Waals surface area contributed by atoms with Crippen molar-refractivity contribution in [2.24, 2.45) is 0 Å². The Morgan fingerprint density at radius 1 is 0.524 bits per heavy atom. The third-order valence-electron chi connectivity index (χ3n) is 1.93. The van der Waals surface area contributed by atoms with E-state index in [0.717, 1.165) is 8.95 Å². The van der Waals surface area contributed by atoms with Crippen molar-refractivity contribution in [1.82, 2.24) is 0 Å². The molecule has 2 aromatic carbocycles. The normalized spacial score (nSPS) is 9.43. The van der Waals surface area contributed by atoms with Crippen LogP contribution in [0.4, 0.5) is 0 Å². The summed E-state index contributed by atoms with van der Waals surface area (Å²) in [5.74, 6) is -0.0496. The minimum Gasteiger partial charge on any atom is -0.871 e. The van der Waals surface area contributed by atoms with E-state index >= 15 is 0 Å². The van der Waals surface area contributed by atoms with E-state index in [1.807, 2.05) is 0 Å². The number of hydrogen-bond acceptors (Lipinski definition) is 2. The Hall–Kier alpha value is 1.44. The fraction of sp³-hybridized carbons (Fsp3) is 0. The van der Waals surface area contributed by atoms with Gasteiger partial charge in [0.15, 0.2) is 0 Å². The molecule has 2 nitrogen and oxygen atoms in total. The van der Waals surface area contributed by atoms with Gasteiger partial charge in [0.05, 0.1) is 0 Å². The SMILES string of the molecule is [Mn+2].[O-]c1c(Br)cc(Br)cc1Br.[O-]c1c(Br)cc(Br)cc1Br. The molecule has 113 valence electrons. The summed E-state index contributed by atoms with van der Waals surface area (Å²) in [6.45, 7) is 0. The molecular formula is C12H4Br6MnO2. The molecule has 0 unspecified atom stereocenters. The number of halogens is 6. The third kappa shape index (κ3) is 7.25. The van der Waals surface area contributed by atoms with E-state index in [-0.39, 0.29) is 28.6 Å². The van der Waals surface area contributed by atoms with E-state index in [0.29, 0.717) is 17.9 Å². The van der Waals surface area contributed by atoms with Crippen molar-refractivity contribution in [1.29, 1.82) is 0 Å². The Kier molecular flexibility index (Phi) is 11.0. The molecule has 9 heteroatoms. The minimum absolute atomic E-state index is 0. The van der Waals surface area contributed by atoms with Crippen LogP contribution >= 0.6 is 95.6 Å². The van der Waals surface area contributed by atoms with Crippen LogP contribution < -0.4 is 10.2 Å². The monoisotopic (exact) mass is 708 g/mol. The van der Waals surface area contributed by atoms with Gasteiger partial charge < -0.3 is 10.2 Å². The molecule has 0 saturated carbocycles. The van der Waals surface area contributed by atoms with Gasteiger partial charge in [-0.15, -0.1) is 0 Å². The van der Waals surface area contributed by atoms with Gasteiger partial charge in [-0.3, -0.25) is 0 Å². The van der Waals surface area contributed by atoms with Gasteiger partial charge in [0.25, 0.3) is 0 Å².